The number of alkyl halides is 1. The normalized spacial score (nSPS) is 17.5. The quantitative estimate of drug-likeness (QED) is 0.435. The number of halogens is 1. The molecule has 0 aliphatic heterocycles. The Morgan fingerprint density at radius 2 is 1.79 bits per heavy atom. The van der Waals surface area contributed by atoms with Crippen molar-refractivity contribution in [3.05, 3.63) is 78.7 Å². The van der Waals surface area contributed by atoms with Gasteiger partial charge >= 0.3 is 0 Å². The number of nitrogens with zero attached hydrogens (tertiary/aromatic N) is 6. The molecule has 9 heteroatoms. The highest BCUT2D eigenvalue weighted by molar-refractivity contribution is 5.74. The molecule has 0 bridgehead atoms. The number of rotatable bonds is 7. The molecule has 8 nitrogen and oxygen atoms in total. The average molecular weight is 458 g/mol. The van der Waals surface area contributed by atoms with Crippen LogP contribution in [0.2, 0.25) is 0 Å². The van der Waals surface area contributed by atoms with Crippen molar-refractivity contribution in [2.75, 3.05) is 0 Å². The fourth-order valence-electron chi connectivity index (χ4n) is 3.74. The minimum Gasteiger partial charge on any atom is -0.332 e. The van der Waals surface area contributed by atoms with Gasteiger partial charge in [-0.1, -0.05) is 66.7 Å². The van der Waals surface area contributed by atoms with E-state index in [2.05, 4.69) is 44.6 Å². The fraction of sp³-hybridized carbons (Fsp3) is 0.240. The molecular formula is C25H24FN7O. The van der Waals surface area contributed by atoms with Crippen molar-refractivity contribution in [2.24, 2.45) is 0 Å². The van der Waals surface area contributed by atoms with E-state index in [1.54, 1.807) is 35.3 Å². The number of hydrogen-bond donors (Lipinski definition) is 1. The van der Waals surface area contributed by atoms with E-state index in [0.29, 0.717) is 23.3 Å². The summed E-state index contributed by atoms with van der Waals surface area (Å²) in [7, 11) is 0. The summed E-state index contributed by atoms with van der Waals surface area (Å²) in [6.45, 7) is 5.01. The molecule has 3 heterocycles. The Bertz CT molecular complexity index is 1310. The van der Waals surface area contributed by atoms with Gasteiger partial charge in [0.25, 0.3) is 5.89 Å². The number of allylic oxidation sites excluding steroid dienone is 4. The smallest absolute Gasteiger partial charge is 0.281 e. The predicted octanol–water partition coefficient (Wildman–Crippen LogP) is 4.56. The topological polar surface area (TPSA) is 94.6 Å². The number of hydrogen-bond acceptors (Lipinski definition) is 7. The van der Waals surface area contributed by atoms with Gasteiger partial charge < -0.3 is 9.84 Å². The molecule has 5 rings (SSSR count). The zero-order valence-corrected chi connectivity index (χ0v) is 18.8. The maximum Gasteiger partial charge on any atom is 0.281 e. The van der Waals surface area contributed by atoms with Crippen LogP contribution in [-0.4, -0.2) is 42.3 Å². The molecule has 3 aromatic heterocycles. The van der Waals surface area contributed by atoms with Crippen molar-refractivity contribution in [1.82, 2.24) is 35.4 Å². The zero-order chi connectivity index (χ0) is 23.5. The van der Waals surface area contributed by atoms with Gasteiger partial charge in [-0.05, 0) is 23.8 Å². The fourth-order valence-corrected chi connectivity index (χ4v) is 3.74. The Kier molecular flexibility index (Phi) is 6.09. The molecule has 0 amide bonds. The lowest BCUT2D eigenvalue weighted by atomic mass is 10.1. The Labute approximate surface area is 196 Å². The van der Waals surface area contributed by atoms with Gasteiger partial charge in [0.05, 0.1) is 0 Å². The third-order valence-electron chi connectivity index (χ3n) is 5.53. The van der Waals surface area contributed by atoms with Crippen molar-refractivity contribution >= 4 is 0 Å². The highest BCUT2D eigenvalue weighted by Crippen LogP contribution is 2.34. The van der Waals surface area contributed by atoms with E-state index in [-0.39, 0.29) is 5.89 Å². The van der Waals surface area contributed by atoms with Gasteiger partial charge in [0.15, 0.2) is 5.69 Å². The van der Waals surface area contributed by atoms with Gasteiger partial charge in [-0.3, -0.25) is 4.98 Å². The van der Waals surface area contributed by atoms with E-state index in [0.717, 1.165) is 17.7 Å². The zero-order valence-electron chi connectivity index (χ0n) is 18.8. The Morgan fingerprint density at radius 1 is 1.03 bits per heavy atom. The van der Waals surface area contributed by atoms with E-state index in [1.165, 1.54) is 11.6 Å². The molecule has 0 saturated carbocycles. The summed E-state index contributed by atoms with van der Waals surface area (Å²) in [5.74, 6) is 0.654. The van der Waals surface area contributed by atoms with Gasteiger partial charge in [0, 0.05) is 36.1 Å². The van der Waals surface area contributed by atoms with Crippen molar-refractivity contribution in [2.45, 2.75) is 38.6 Å². The van der Waals surface area contributed by atoms with E-state index < -0.39 is 12.2 Å². The van der Waals surface area contributed by atoms with Crippen LogP contribution >= 0.6 is 0 Å². The van der Waals surface area contributed by atoms with Gasteiger partial charge in [-0.2, -0.15) is 4.98 Å². The minimum absolute atomic E-state index is 0.212. The first-order chi connectivity index (χ1) is 16.6. The Morgan fingerprint density at radius 3 is 2.53 bits per heavy atom. The van der Waals surface area contributed by atoms with Crippen molar-refractivity contribution in [3.8, 4) is 34.2 Å². The molecule has 1 aromatic carbocycles. The van der Waals surface area contributed by atoms with Crippen LogP contribution in [0, 0.1) is 0 Å². The molecule has 0 saturated heterocycles. The van der Waals surface area contributed by atoms with Crippen LogP contribution in [0.25, 0.3) is 34.2 Å². The van der Waals surface area contributed by atoms with E-state index in [1.807, 2.05) is 36.4 Å². The van der Waals surface area contributed by atoms with E-state index in [9.17, 15) is 4.39 Å². The third kappa shape index (κ3) is 4.42. The largest absolute Gasteiger partial charge is 0.332 e. The van der Waals surface area contributed by atoms with Crippen LogP contribution < -0.4 is 5.32 Å². The SMILES string of the molecule is CC(C)NCc1ccc(-c2noc(-c3nnn(C4C=CC=CC4F)c3-c3ccncc3)n2)cc1. The van der Waals surface area contributed by atoms with Crippen LogP contribution in [0.5, 0.6) is 0 Å². The van der Waals surface area contributed by atoms with Gasteiger partial charge in [0.1, 0.15) is 17.9 Å². The van der Waals surface area contributed by atoms with Crippen molar-refractivity contribution in [3.63, 3.8) is 0 Å². The minimum atomic E-state index is -1.23. The molecule has 2 atom stereocenters. The standard InChI is InChI=1S/C25H24FN7O/c1-16(2)28-15-17-7-9-19(10-8-17)24-29-25(34-31-24)22-23(18-11-13-27-14-12-18)33(32-30-22)21-6-4-3-5-20(21)26/h3-14,16,20-21,28H,15H2,1-2H3. The van der Waals surface area contributed by atoms with Crippen LogP contribution in [0.4, 0.5) is 4.39 Å². The highest BCUT2D eigenvalue weighted by Gasteiger charge is 2.29. The predicted molar refractivity (Wildman–Crippen MR) is 126 cm³/mol. The molecular weight excluding hydrogens is 433 g/mol. The highest BCUT2D eigenvalue weighted by atomic mass is 19.1. The first kappa shape index (κ1) is 21.8. The molecule has 4 aromatic rings. The van der Waals surface area contributed by atoms with Crippen LogP contribution in [0.15, 0.2) is 77.6 Å². The lowest BCUT2D eigenvalue weighted by Crippen LogP contribution is -2.21. The van der Waals surface area contributed by atoms with Crippen molar-refractivity contribution in [1.29, 1.82) is 0 Å². The van der Waals surface area contributed by atoms with Crippen LogP contribution in [0.1, 0.15) is 25.5 Å². The maximum absolute atomic E-state index is 14.7. The second-order valence-corrected chi connectivity index (χ2v) is 8.33. The third-order valence-corrected chi connectivity index (χ3v) is 5.53. The molecule has 34 heavy (non-hydrogen) atoms. The molecule has 2 unspecified atom stereocenters. The molecule has 1 N–H and O–H groups in total. The summed E-state index contributed by atoms with van der Waals surface area (Å²) in [5, 5.41) is 16.1. The molecule has 1 aliphatic carbocycles. The summed E-state index contributed by atoms with van der Waals surface area (Å²) in [6, 6.07) is 11.4. The Balaban J connectivity index is 1.49. The van der Waals surface area contributed by atoms with Crippen molar-refractivity contribution < 1.29 is 8.91 Å². The molecule has 0 spiro atoms. The molecule has 1 aliphatic rings. The number of nitrogens with one attached hydrogen (secondary N) is 1. The monoisotopic (exact) mass is 457 g/mol. The first-order valence-electron chi connectivity index (χ1n) is 11.1. The maximum atomic E-state index is 14.7. The first-order valence-corrected chi connectivity index (χ1v) is 11.1. The van der Waals surface area contributed by atoms with E-state index >= 15 is 0 Å². The van der Waals surface area contributed by atoms with Gasteiger partial charge in [-0.15, -0.1) is 5.10 Å². The summed E-state index contributed by atoms with van der Waals surface area (Å²) < 4.78 is 21.8. The second kappa shape index (κ2) is 9.48. The summed E-state index contributed by atoms with van der Waals surface area (Å²) in [5.41, 5.74) is 3.73. The van der Waals surface area contributed by atoms with Crippen LogP contribution in [0.3, 0.4) is 0 Å². The number of aromatic nitrogens is 6. The number of benzene rings is 1. The Hall–Kier alpha value is -3.98. The second-order valence-electron chi connectivity index (χ2n) is 8.33. The molecule has 172 valence electrons. The van der Waals surface area contributed by atoms with Crippen LogP contribution in [-0.2, 0) is 6.54 Å². The van der Waals surface area contributed by atoms with E-state index in [4.69, 9.17) is 4.52 Å². The number of pyridine rings is 1. The summed E-state index contributed by atoms with van der Waals surface area (Å²) >= 11 is 0. The van der Waals surface area contributed by atoms with Gasteiger partial charge in [-0.25, -0.2) is 9.07 Å². The lowest BCUT2D eigenvalue weighted by molar-refractivity contribution is 0.300. The average Bonchev–Trinajstić information content (AvgIpc) is 3.51. The molecule has 0 fully saturated rings. The lowest BCUT2D eigenvalue weighted by Gasteiger charge is -2.19. The summed E-state index contributed by atoms with van der Waals surface area (Å²) in [4.78, 5) is 8.65. The summed E-state index contributed by atoms with van der Waals surface area (Å²) in [6.07, 6.45) is 8.81. The van der Waals surface area contributed by atoms with Gasteiger partial charge in [0.2, 0.25) is 5.82 Å². The molecule has 0 radical (unpaired) electrons.